The fourth-order valence-corrected chi connectivity index (χ4v) is 3.17. The third-order valence-electron chi connectivity index (χ3n) is 3.91. The lowest BCUT2D eigenvalue weighted by atomic mass is 10.2. The molecule has 1 atom stereocenters. The molecule has 0 unspecified atom stereocenters. The van der Waals surface area contributed by atoms with Crippen molar-refractivity contribution in [2.45, 2.75) is 13.0 Å². The summed E-state index contributed by atoms with van der Waals surface area (Å²) in [6.45, 7) is 1.47. The lowest BCUT2D eigenvalue weighted by Crippen LogP contribution is -2.30. The Morgan fingerprint density at radius 2 is 1.69 bits per heavy atom. The summed E-state index contributed by atoms with van der Waals surface area (Å²) in [5.41, 5.74) is 1.24. The highest BCUT2D eigenvalue weighted by Crippen LogP contribution is 2.21. The molecule has 6 nitrogen and oxygen atoms in total. The summed E-state index contributed by atoms with van der Waals surface area (Å²) in [4.78, 5) is 37.1. The van der Waals surface area contributed by atoms with Crippen LogP contribution in [0.5, 0.6) is 0 Å². The minimum absolute atomic E-state index is 0.222. The molecule has 3 aromatic rings. The van der Waals surface area contributed by atoms with Gasteiger partial charge in [-0.25, -0.2) is 4.79 Å². The summed E-state index contributed by atoms with van der Waals surface area (Å²) in [7, 11) is 0. The molecule has 0 spiro atoms. The molecule has 0 aliphatic carbocycles. The Morgan fingerprint density at radius 3 is 2.34 bits per heavy atom. The molecule has 2 amide bonds. The van der Waals surface area contributed by atoms with E-state index in [1.54, 1.807) is 48.5 Å². The fraction of sp³-hybridized carbons (Fsp3) is 0.0952. The van der Waals surface area contributed by atoms with Gasteiger partial charge in [-0.15, -0.1) is 11.3 Å². The molecule has 0 bridgehead atoms. The van der Waals surface area contributed by atoms with Crippen LogP contribution in [-0.2, 0) is 9.53 Å². The molecule has 2 N–H and O–H groups in total. The number of para-hydroxylation sites is 1. The molecule has 0 aliphatic rings. The third kappa shape index (κ3) is 5.43. The Morgan fingerprint density at radius 1 is 0.966 bits per heavy atom. The van der Waals surface area contributed by atoms with Crippen molar-refractivity contribution >= 4 is 52.1 Å². The van der Waals surface area contributed by atoms with Gasteiger partial charge in [0.05, 0.1) is 21.2 Å². The maximum absolute atomic E-state index is 12.3. The number of rotatable bonds is 6. The van der Waals surface area contributed by atoms with Crippen LogP contribution in [0.4, 0.5) is 11.4 Å². The van der Waals surface area contributed by atoms with Gasteiger partial charge in [-0.05, 0) is 54.8 Å². The van der Waals surface area contributed by atoms with Gasteiger partial charge in [0, 0.05) is 5.69 Å². The first-order valence-electron chi connectivity index (χ1n) is 8.65. The highest BCUT2D eigenvalue weighted by atomic mass is 35.5. The number of hydrogen-bond acceptors (Lipinski definition) is 5. The van der Waals surface area contributed by atoms with Crippen molar-refractivity contribution < 1.29 is 19.1 Å². The molecule has 0 saturated carbocycles. The zero-order valence-electron chi connectivity index (χ0n) is 15.3. The van der Waals surface area contributed by atoms with E-state index in [1.807, 2.05) is 5.38 Å². The van der Waals surface area contributed by atoms with E-state index in [0.717, 1.165) is 0 Å². The number of benzene rings is 2. The first-order valence-corrected chi connectivity index (χ1v) is 9.91. The quantitative estimate of drug-likeness (QED) is 0.550. The summed E-state index contributed by atoms with van der Waals surface area (Å²) in [5, 5.41) is 7.57. The van der Waals surface area contributed by atoms with E-state index in [4.69, 9.17) is 16.3 Å². The SMILES string of the molecule is C[C@@H](OC(=O)c1ccc(NC(=O)c2cccs2)cc1)C(=O)Nc1ccccc1Cl. The number of anilines is 2. The second-order valence-electron chi connectivity index (χ2n) is 6.03. The fourth-order valence-electron chi connectivity index (χ4n) is 2.37. The van der Waals surface area contributed by atoms with Crippen LogP contribution < -0.4 is 10.6 Å². The number of esters is 1. The van der Waals surface area contributed by atoms with Crippen molar-refractivity contribution in [3.05, 3.63) is 81.5 Å². The Labute approximate surface area is 176 Å². The first-order chi connectivity index (χ1) is 13.9. The molecule has 3 rings (SSSR count). The Bertz CT molecular complexity index is 1020. The van der Waals surface area contributed by atoms with Crippen LogP contribution in [0.25, 0.3) is 0 Å². The van der Waals surface area contributed by atoms with Gasteiger partial charge in [0.2, 0.25) is 0 Å². The first kappa shape index (κ1) is 20.6. The largest absolute Gasteiger partial charge is 0.449 e. The van der Waals surface area contributed by atoms with E-state index in [1.165, 1.54) is 30.4 Å². The van der Waals surface area contributed by atoms with Crippen molar-refractivity contribution in [1.29, 1.82) is 0 Å². The minimum atomic E-state index is -1.02. The topological polar surface area (TPSA) is 84.5 Å². The number of thiophene rings is 1. The maximum atomic E-state index is 12.3. The van der Waals surface area contributed by atoms with Gasteiger partial charge >= 0.3 is 5.97 Å². The number of nitrogens with one attached hydrogen (secondary N) is 2. The number of hydrogen-bond donors (Lipinski definition) is 2. The average Bonchev–Trinajstić information content (AvgIpc) is 3.25. The normalized spacial score (nSPS) is 11.4. The monoisotopic (exact) mass is 428 g/mol. The lowest BCUT2D eigenvalue weighted by Gasteiger charge is -2.14. The molecular formula is C21H17ClN2O4S. The molecule has 0 fully saturated rings. The standard InChI is InChI=1S/C21H17ClN2O4S/c1-13(19(25)24-17-6-3-2-5-16(17)22)28-21(27)14-8-10-15(11-9-14)23-20(26)18-7-4-12-29-18/h2-13H,1H3,(H,23,26)(H,24,25)/t13-/m1/s1. The van der Waals surface area contributed by atoms with Crippen molar-refractivity contribution in [1.82, 2.24) is 0 Å². The average molecular weight is 429 g/mol. The predicted molar refractivity (Wildman–Crippen MR) is 114 cm³/mol. The summed E-state index contributed by atoms with van der Waals surface area (Å²) in [6.07, 6.45) is -1.02. The molecule has 1 heterocycles. The molecule has 148 valence electrons. The molecule has 0 radical (unpaired) electrons. The third-order valence-corrected chi connectivity index (χ3v) is 5.11. The van der Waals surface area contributed by atoms with Crippen molar-refractivity contribution in [3.8, 4) is 0 Å². The van der Waals surface area contributed by atoms with E-state index in [9.17, 15) is 14.4 Å². The maximum Gasteiger partial charge on any atom is 0.338 e. The molecule has 2 aromatic carbocycles. The van der Waals surface area contributed by atoms with Gasteiger partial charge in [-0.1, -0.05) is 29.8 Å². The second-order valence-corrected chi connectivity index (χ2v) is 7.38. The molecule has 29 heavy (non-hydrogen) atoms. The van der Waals surface area contributed by atoms with Crippen molar-refractivity contribution in [2.24, 2.45) is 0 Å². The minimum Gasteiger partial charge on any atom is -0.449 e. The second kappa shape index (κ2) is 9.36. The Balaban J connectivity index is 1.56. The van der Waals surface area contributed by atoms with Crippen LogP contribution in [-0.4, -0.2) is 23.9 Å². The van der Waals surface area contributed by atoms with Crippen LogP contribution in [0.2, 0.25) is 5.02 Å². The van der Waals surface area contributed by atoms with Crippen molar-refractivity contribution in [2.75, 3.05) is 10.6 Å². The highest BCUT2D eigenvalue weighted by molar-refractivity contribution is 7.12. The van der Waals surface area contributed by atoms with Gasteiger partial charge in [0.25, 0.3) is 11.8 Å². The van der Waals surface area contributed by atoms with E-state index >= 15 is 0 Å². The Hall–Kier alpha value is -3.16. The molecule has 8 heteroatoms. The lowest BCUT2D eigenvalue weighted by molar-refractivity contribution is -0.123. The predicted octanol–water partition coefficient (Wildman–Crippen LogP) is 4.84. The van der Waals surface area contributed by atoms with Gasteiger partial charge in [0.1, 0.15) is 0 Å². The van der Waals surface area contributed by atoms with E-state index in [-0.39, 0.29) is 11.5 Å². The van der Waals surface area contributed by atoms with Crippen LogP contribution in [0.3, 0.4) is 0 Å². The number of carbonyl (C=O) groups is 3. The molecule has 0 saturated heterocycles. The van der Waals surface area contributed by atoms with Gasteiger partial charge in [-0.2, -0.15) is 0 Å². The van der Waals surface area contributed by atoms with Crippen LogP contribution in [0.15, 0.2) is 66.0 Å². The Kier molecular flexibility index (Phi) is 6.64. The van der Waals surface area contributed by atoms with Gasteiger partial charge < -0.3 is 15.4 Å². The zero-order chi connectivity index (χ0) is 20.8. The summed E-state index contributed by atoms with van der Waals surface area (Å²) in [6, 6.07) is 16.5. The van der Waals surface area contributed by atoms with Crippen LogP contribution >= 0.6 is 22.9 Å². The summed E-state index contributed by atoms with van der Waals surface area (Å²) >= 11 is 7.34. The zero-order valence-corrected chi connectivity index (χ0v) is 16.9. The van der Waals surface area contributed by atoms with Crippen LogP contribution in [0.1, 0.15) is 27.0 Å². The number of carbonyl (C=O) groups excluding carboxylic acids is 3. The highest BCUT2D eigenvalue weighted by Gasteiger charge is 2.20. The molecule has 0 aliphatic heterocycles. The number of halogens is 1. The van der Waals surface area contributed by atoms with Crippen LogP contribution in [0, 0.1) is 0 Å². The van der Waals surface area contributed by atoms with Gasteiger partial charge in [0.15, 0.2) is 6.10 Å². The van der Waals surface area contributed by atoms with Gasteiger partial charge in [-0.3, -0.25) is 9.59 Å². The van der Waals surface area contributed by atoms with E-state index < -0.39 is 18.0 Å². The summed E-state index contributed by atoms with van der Waals surface area (Å²) in [5.74, 6) is -1.37. The van der Waals surface area contributed by atoms with Crippen molar-refractivity contribution in [3.63, 3.8) is 0 Å². The number of ether oxygens (including phenoxy) is 1. The smallest absolute Gasteiger partial charge is 0.338 e. The number of amides is 2. The summed E-state index contributed by atoms with van der Waals surface area (Å²) < 4.78 is 5.21. The molecular weight excluding hydrogens is 412 g/mol. The van der Waals surface area contributed by atoms with E-state index in [0.29, 0.717) is 21.3 Å². The van der Waals surface area contributed by atoms with E-state index in [2.05, 4.69) is 10.6 Å². The molecule has 1 aromatic heterocycles.